The Kier molecular flexibility index (Phi) is 10.3. The molecule has 0 bridgehead atoms. The Morgan fingerprint density at radius 1 is 1.19 bits per heavy atom. The maximum absolute atomic E-state index is 12.9. The summed E-state index contributed by atoms with van der Waals surface area (Å²) in [5, 5.41) is 3.20. The van der Waals surface area contributed by atoms with Gasteiger partial charge in [0.25, 0.3) is 0 Å². The molecular formula is C23H34ClN3O4. The zero-order valence-electron chi connectivity index (χ0n) is 18.3. The summed E-state index contributed by atoms with van der Waals surface area (Å²) in [7, 11) is 0. The number of hydrogen-bond donors (Lipinski definition) is 1. The van der Waals surface area contributed by atoms with Crippen molar-refractivity contribution in [3.05, 3.63) is 35.9 Å². The van der Waals surface area contributed by atoms with Crippen LogP contribution in [0.2, 0.25) is 0 Å². The van der Waals surface area contributed by atoms with Crippen LogP contribution in [0.4, 0.5) is 0 Å². The number of nitrogens with zero attached hydrogens (tertiary/aromatic N) is 2. The Balaban J connectivity index is 0.00000341. The molecule has 2 aliphatic heterocycles. The molecule has 0 saturated carbocycles. The van der Waals surface area contributed by atoms with Crippen molar-refractivity contribution >= 4 is 30.2 Å². The van der Waals surface area contributed by atoms with E-state index in [4.69, 9.17) is 4.74 Å². The number of likely N-dealkylation sites (tertiary alicyclic amines) is 1. The number of ether oxygens (including phenoxy) is 1. The van der Waals surface area contributed by atoms with Crippen LogP contribution in [0.1, 0.15) is 38.2 Å². The van der Waals surface area contributed by atoms with E-state index in [1.54, 1.807) is 11.8 Å². The molecule has 172 valence electrons. The van der Waals surface area contributed by atoms with E-state index in [9.17, 15) is 14.4 Å². The summed E-state index contributed by atoms with van der Waals surface area (Å²) < 4.78 is 5.11. The molecule has 7 nitrogen and oxygen atoms in total. The number of hydrogen-bond acceptors (Lipinski definition) is 5. The molecule has 0 aromatic heterocycles. The van der Waals surface area contributed by atoms with Gasteiger partial charge in [-0.25, -0.2) is 0 Å². The summed E-state index contributed by atoms with van der Waals surface area (Å²) >= 11 is 0. The summed E-state index contributed by atoms with van der Waals surface area (Å²) in [5.74, 6) is -0.554. The SMILES string of the molecule is CCOC(=O)C1CCCN(C(=O)CC2NCCN(CCCc3ccccc3)C2=O)C1.Cl. The minimum absolute atomic E-state index is 0. The van der Waals surface area contributed by atoms with E-state index >= 15 is 0 Å². The van der Waals surface area contributed by atoms with Crippen LogP contribution < -0.4 is 5.32 Å². The number of halogens is 1. The molecule has 1 N–H and O–H groups in total. The van der Waals surface area contributed by atoms with Crippen LogP contribution in [-0.4, -0.2) is 73.0 Å². The van der Waals surface area contributed by atoms with Crippen LogP contribution in [-0.2, 0) is 25.5 Å². The van der Waals surface area contributed by atoms with Gasteiger partial charge in [-0.15, -0.1) is 12.4 Å². The van der Waals surface area contributed by atoms with E-state index in [0.29, 0.717) is 39.3 Å². The molecule has 31 heavy (non-hydrogen) atoms. The third kappa shape index (κ3) is 7.21. The van der Waals surface area contributed by atoms with Crippen LogP contribution in [0.15, 0.2) is 30.3 Å². The molecule has 0 aliphatic carbocycles. The average molecular weight is 452 g/mol. The summed E-state index contributed by atoms with van der Waals surface area (Å²) in [5.41, 5.74) is 1.27. The number of esters is 1. The maximum atomic E-state index is 12.9. The van der Waals surface area contributed by atoms with E-state index in [1.807, 2.05) is 23.1 Å². The number of benzene rings is 1. The predicted molar refractivity (Wildman–Crippen MR) is 121 cm³/mol. The van der Waals surface area contributed by atoms with Crippen molar-refractivity contribution in [3.63, 3.8) is 0 Å². The van der Waals surface area contributed by atoms with E-state index < -0.39 is 6.04 Å². The molecule has 3 rings (SSSR count). The maximum Gasteiger partial charge on any atom is 0.310 e. The first-order chi connectivity index (χ1) is 14.6. The minimum atomic E-state index is -0.481. The van der Waals surface area contributed by atoms with Gasteiger partial charge in [0, 0.05) is 32.7 Å². The second kappa shape index (κ2) is 12.7. The predicted octanol–water partition coefficient (Wildman–Crippen LogP) is 2.03. The first-order valence-electron chi connectivity index (χ1n) is 11.1. The molecule has 2 atom stereocenters. The zero-order valence-corrected chi connectivity index (χ0v) is 19.1. The number of piperidine rings is 1. The van der Waals surface area contributed by atoms with Gasteiger partial charge in [-0.3, -0.25) is 14.4 Å². The lowest BCUT2D eigenvalue weighted by molar-refractivity contribution is -0.152. The lowest BCUT2D eigenvalue weighted by Crippen LogP contribution is -2.57. The van der Waals surface area contributed by atoms with Gasteiger partial charge < -0.3 is 19.9 Å². The van der Waals surface area contributed by atoms with Crippen molar-refractivity contribution in [2.75, 3.05) is 39.3 Å². The molecule has 8 heteroatoms. The van der Waals surface area contributed by atoms with Gasteiger partial charge in [-0.1, -0.05) is 30.3 Å². The summed E-state index contributed by atoms with van der Waals surface area (Å²) in [6.45, 7) is 5.23. The number of amides is 2. The Morgan fingerprint density at radius 2 is 1.97 bits per heavy atom. The Hall–Kier alpha value is -2.12. The van der Waals surface area contributed by atoms with Gasteiger partial charge in [0.15, 0.2) is 0 Å². The van der Waals surface area contributed by atoms with Gasteiger partial charge in [-0.05, 0) is 38.2 Å². The smallest absolute Gasteiger partial charge is 0.310 e. The van der Waals surface area contributed by atoms with E-state index in [2.05, 4.69) is 17.4 Å². The van der Waals surface area contributed by atoms with Crippen molar-refractivity contribution < 1.29 is 19.1 Å². The monoisotopic (exact) mass is 451 g/mol. The van der Waals surface area contributed by atoms with Gasteiger partial charge in [0.05, 0.1) is 25.0 Å². The molecule has 2 fully saturated rings. The molecule has 0 radical (unpaired) electrons. The molecule has 1 aromatic carbocycles. The third-order valence-electron chi connectivity index (χ3n) is 5.89. The molecule has 2 aliphatic rings. The lowest BCUT2D eigenvalue weighted by Gasteiger charge is -2.35. The molecule has 2 saturated heterocycles. The van der Waals surface area contributed by atoms with Gasteiger partial charge in [-0.2, -0.15) is 0 Å². The molecular weight excluding hydrogens is 418 g/mol. The minimum Gasteiger partial charge on any atom is -0.466 e. The normalized spacial score (nSPS) is 21.4. The highest BCUT2D eigenvalue weighted by molar-refractivity contribution is 5.89. The average Bonchev–Trinajstić information content (AvgIpc) is 2.77. The summed E-state index contributed by atoms with van der Waals surface area (Å²) in [4.78, 5) is 41.3. The largest absolute Gasteiger partial charge is 0.466 e. The molecule has 2 heterocycles. The summed E-state index contributed by atoms with van der Waals surface area (Å²) in [6.07, 6.45) is 3.52. The van der Waals surface area contributed by atoms with Gasteiger partial charge >= 0.3 is 5.97 Å². The number of carbonyl (C=O) groups excluding carboxylic acids is 3. The fraction of sp³-hybridized carbons (Fsp3) is 0.609. The van der Waals surface area contributed by atoms with Crippen molar-refractivity contribution in [1.29, 1.82) is 0 Å². The van der Waals surface area contributed by atoms with E-state index in [1.165, 1.54) is 5.56 Å². The Labute approximate surface area is 190 Å². The van der Waals surface area contributed by atoms with Crippen LogP contribution in [0.25, 0.3) is 0 Å². The summed E-state index contributed by atoms with van der Waals surface area (Å²) in [6, 6.07) is 9.78. The first-order valence-corrected chi connectivity index (χ1v) is 11.1. The van der Waals surface area contributed by atoms with Crippen molar-refractivity contribution in [3.8, 4) is 0 Å². The lowest BCUT2D eigenvalue weighted by atomic mass is 9.97. The second-order valence-electron chi connectivity index (χ2n) is 8.06. The zero-order chi connectivity index (χ0) is 21.3. The van der Waals surface area contributed by atoms with E-state index in [0.717, 1.165) is 25.7 Å². The molecule has 2 amide bonds. The number of piperazine rings is 1. The number of rotatable bonds is 8. The first kappa shape index (κ1) is 25.1. The highest BCUT2D eigenvalue weighted by Gasteiger charge is 2.34. The standard InChI is InChI=1S/C23H33N3O4.ClH/c1-2-30-23(29)19-11-7-14-26(17-19)21(27)16-20-22(28)25(15-12-24-20)13-6-10-18-8-4-3-5-9-18;/h3-5,8-9,19-20,24H,2,6-7,10-17H2,1H3;1H. The topological polar surface area (TPSA) is 79.0 Å². The van der Waals surface area contributed by atoms with Crippen LogP contribution >= 0.6 is 12.4 Å². The highest BCUT2D eigenvalue weighted by atomic mass is 35.5. The fourth-order valence-corrected chi connectivity index (χ4v) is 4.25. The van der Waals surface area contributed by atoms with Gasteiger partial charge in [0.2, 0.25) is 11.8 Å². The fourth-order valence-electron chi connectivity index (χ4n) is 4.25. The van der Waals surface area contributed by atoms with Crippen LogP contribution in [0.3, 0.4) is 0 Å². The Bertz CT molecular complexity index is 731. The highest BCUT2D eigenvalue weighted by Crippen LogP contribution is 2.19. The number of aryl methyl sites for hydroxylation is 1. The third-order valence-corrected chi connectivity index (χ3v) is 5.89. The van der Waals surface area contributed by atoms with Crippen LogP contribution in [0.5, 0.6) is 0 Å². The van der Waals surface area contributed by atoms with Crippen LogP contribution in [0, 0.1) is 5.92 Å². The van der Waals surface area contributed by atoms with E-state index in [-0.39, 0.29) is 42.5 Å². The van der Waals surface area contributed by atoms with Crippen molar-refractivity contribution in [2.45, 2.75) is 45.1 Å². The van der Waals surface area contributed by atoms with Crippen molar-refractivity contribution in [1.82, 2.24) is 15.1 Å². The molecule has 2 unspecified atom stereocenters. The second-order valence-corrected chi connectivity index (χ2v) is 8.06. The van der Waals surface area contributed by atoms with Crippen molar-refractivity contribution in [2.24, 2.45) is 5.92 Å². The molecule has 1 aromatic rings. The Morgan fingerprint density at radius 3 is 2.71 bits per heavy atom. The number of carbonyl (C=O) groups is 3. The molecule has 0 spiro atoms. The quantitative estimate of drug-likeness (QED) is 0.612. The van der Waals surface area contributed by atoms with Gasteiger partial charge in [0.1, 0.15) is 0 Å². The number of nitrogens with one attached hydrogen (secondary N) is 1.